The van der Waals surface area contributed by atoms with Gasteiger partial charge >= 0.3 is 0 Å². The van der Waals surface area contributed by atoms with Gasteiger partial charge in [-0.05, 0) is 47.8 Å². The summed E-state index contributed by atoms with van der Waals surface area (Å²) in [5.74, 6) is 0.777. The van der Waals surface area contributed by atoms with Crippen LogP contribution >= 0.6 is 15.9 Å². The maximum absolute atomic E-state index is 12.2. The predicted molar refractivity (Wildman–Crippen MR) is 78.7 cm³/mol. The first kappa shape index (κ1) is 15.9. The number of aryl methyl sites for hydroxylation is 1. The average molecular weight is 366 g/mol. The van der Waals surface area contributed by atoms with Crippen molar-refractivity contribution < 1.29 is 8.42 Å². The molecule has 0 spiro atoms. The van der Waals surface area contributed by atoms with Gasteiger partial charge in [-0.1, -0.05) is 12.1 Å². The molecule has 0 aromatic carbocycles. The topological polar surface area (TPSA) is 80.1 Å². The second-order valence-corrected chi connectivity index (χ2v) is 7.66. The highest BCUT2D eigenvalue weighted by Crippen LogP contribution is 2.18. The monoisotopic (exact) mass is 365 g/mol. The van der Waals surface area contributed by atoms with Gasteiger partial charge in [0.25, 0.3) is 10.0 Å². The number of aromatic nitrogens is 3. The van der Waals surface area contributed by atoms with Crippen LogP contribution in [0.4, 0.5) is 0 Å². The highest BCUT2D eigenvalue weighted by Gasteiger charge is 2.24. The van der Waals surface area contributed by atoms with Gasteiger partial charge in [0.05, 0.1) is 0 Å². The van der Waals surface area contributed by atoms with Crippen molar-refractivity contribution in [1.82, 2.24) is 24.6 Å². The van der Waals surface area contributed by atoms with Crippen molar-refractivity contribution in [2.24, 2.45) is 13.0 Å². The number of hydrogen-bond donors (Lipinski definition) is 1. The lowest BCUT2D eigenvalue weighted by Gasteiger charge is -2.30. The summed E-state index contributed by atoms with van der Waals surface area (Å²) in [7, 11) is -2.02. The molecule has 1 aromatic heterocycles. The van der Waals surface area contributed by atoms with Crippen LogP contribution in [0.2, 0.25) is 0 Å². The average Bonchev–Trinajstić information content (AvgIpc) is 2.72. The molecule has 0 aliphatic carbocycles. The van der Waals surface area contributed by atoms with E-state index in [0.29, 0.717) is 6.54 Å². The molecular formula is C11H20BrN5O2S. The largest absolute Gasteiger partial charge is 0.302 e. The number of sulfonamides is 1. The van der Waals surface area contributed by atoms with Crippen LogP contribution in [0.3, 0.4) is 0 Å². The van der Waals surface area contributed by atoms with E-state index in [1.54, 1.807) is 7.05 Å². The van der Waals surface area contributed by atoms with Crippen LogP contribution in [0.5, 0.6) is 0 Å². The molecule has 0 amide bonds. The summed E-state index contributed by atoms with van der Waals surface area (Å²) in [5, 5.41) is 7.43. The molecule has 0 bridgehead atoms. The van der Waals surface area contributed by atoms with Crippen LogP contribution in [0, 0.1) is 5.92 Å². The van der Waals surface area contributed by atoms with Crippen LogP contribution in [0.1, 0.15) is 19.8 Å². The zero-order valence-corrected chi connectivity index (χ0v) is 14.1. The van der Waals surface area contributed by atoms with E-state index in [0.717, 1.165) is 25.6 Å². The maximum atomic E-state index is 12.2. The molecule has 7 nitrogen and oxygen atoms in total. The highest BCUT2D eigenvalue weighted by atomic mass is 79.9. The Kier molecular flexibility index (Phi) is 5.16. The van der Waals surface area contributed by atoms with Crippen LogP contribution < -0.4 is 4.72 Å². The van der Waals surface area contributed by atoms with E-state index in [1.165, 1.54) is 17.5 Å². The van der Waals surface area contributed by atoms with E-state index in [-0.39, 0.29) is 9.63 Å². The van der Waals surface area contributed by atoms with Gasteiger partial charge in [-0.3, -0.25) is 0 Å². The van der Waals surface area contributed by atoms with E-state index < -0.39 is 10.0 Å². The van der Waals surface area contributed by atoms with Crippen LogP contribution in [-0.2, 0) is 17.1 Å². The van der Waals surface area contributed by atoms with Crippen LogP contribution in [0.25, 0.3) is 0 Å². The zero-order valence-electron chi connectivity index (χ0n) is 11.7. The summed E-state index contributed by atoms with van der Waals surface area (Å²) in [4.78, 5) is 2.29. The van der Waals surface area contributed by atoms with Gasteiger partial charge in [-0.15, -0.1) is 5.10 Å². The van der Waals surface area contributed by atoms with E-state index >= 15 is 0 Å². The van der Waals surface area contributed by atoms with E-state index in [1.807, 2.05) is 0 Å². The number of halogens is 1. The zero-order chi connectivity index (χ0) is 14.8. The van der Waals surface area contributed by atoms with E-state index in [2.05, 4.69) is 42.8 Å². The molecule has 9 heteroatoms. The molecule has 1 saturated heterocycles. The number of likely N-dealkylation sites (tertiary alicyclic amines) is 1. The lowest BCUT2D eigenvalue weighted by Crippen LogP contribution is -2.39. The minimum absolute atomic E-state index is 0.0600. The Morgan fingerprint density at radius 1 is 1.40 bits per heavy atom. The fourth-order valence-electron chi connectivity index (χ4n) is 2.30. The molecule has 0 radical (unpaired) electrons. The van der Waals surface area contributed by atoms with E-state index in [4.69, 9.17) is 0 Å². The molecule has 1 aliphatic rings. The SMILES string of the molecule is CC1CCN(CCNS(=O)(=O)c2c(Br)nnn2C)CC1. The molecular weight excluding hydrogens is 346 g/mol. The minimum Gasteiger partial charge on any atom is -0.302 e. The Labute approximate surface area is 127 Å². The van der Waals surface area contributed by atoms with Gasteiger partial charge in [0.2, 0.25) is 5.03 Å². The third-order valence-electron chi connectivity index (χ3n) is 3.59. The summed E-state index contributed by atoms with van der Waals surface area (Å²) < 4.78 is 28.4. The second kappa shape index (κ2) is 6.50. The van der Waals surface area contributed by atoms with Crippen molar-refractivity contribution in [3.63, 3.8) is 0 Å². The summed E-state index contributed by atoms with van der Waals surface area (Å²) >= 11 is 3.10. The number of rotatable bonds is 5. The smallest absolute Gasteiger partial charge is 0.260 e. The summed E-state index contributed by atoms with van der Waals surface area (Å²) in [6, 6.07) is 0. The third-order valence-corrected chi connectivity index (χ3v) is 5.94. The molecule has 0 unspecified atom stereocenters. The predicted octanol–water partition coefficient (Wildman–Crippen LogP) is 0.588. The van der Waals surface area contributed by atoms with Crippen LogP contribution in [0.15, 0.2) is 9.63 Å². The van der Waals surface area contributed by atoms with Crippen molar-refractivity contribution >= 4 is 26.0 Å². The standard InChI is InChI=1S/C11H20BrN5O2S/c1-9-3-6-17(7-4-9)8-5-13-20(18,19)11-10(12)14-15-16(11)2/h9,13H,3-8H2,1-2H3. The van der Waals surface area contributed by atoms with Gasteiger partial charge in [0.15, 0.2) is 4.60 Å². The fourth-order valence-corrected chi connectivity index (χ4v) is 4.41. The first-order valence-corrected chi connectivity index (χ1v) is 8.95. The van der Waals surface area contributed by atoms with Gasteiger partial charge < -0.3 is 4.90 Å². The normalized spacial score (nSPS) is 18.6. The molecule has 0 atom stereocenters. The molecule has 1 aromatic rings. The maximum Gasteiger partial charge on any atom is 0.260 e. The Morgan fingerprint density at radius 2 is 2.05 bits per heavy atom. The molecule has 114 valence electrons. The van der Waals surface area contributed by atoms with Crippen molar-refractivity contribution in [2.75, 3.05) is 26.2 Å². The second-order valence-electron chi connectivity index (χ2n) is 5.23. The Bertz CT molecular complexity index is 532. The fraction of sp³-hybridized carbons (Fsp3) is 0.818. The molecule has 1 fully saturated rings. The molecule has 2 heterocycles. The Hall–Kier alpha value is -0.510. The van der Waals surface area contributed by atoms with Crippen LogP contribution in [-0.4, -0.2) is 54.5 Å². The summed E-state index contributed by atoms with van der Waals surface area (Å²) in [6.07, 6.45) is 2.37. The first-order chi connectivity index (χ1) is 9.40. The number of hydrogen-bond acceptors (Lipinski definition) is 5. The lowest BCUT2D eigenvalue weighted by atomic mass is 9.99. The molecule has 20 heavy (non-hydrogen) atoms. The lowest BCUT2D eigenvalue weighted by molar-refractivity contribution is 0.195. The van der Waals surface area contributed by atoms with Gasteiger partial charge in [-0.2, -0.15) is 0 Å². The number of piperidine rings is 1. The molecule has 0 saturated carbocycles. The van der Waals surface area contributed by atoms with Crippen molar-refractivity contribution in [1.29, 1.82) is 0 Å². The molecule has 1 N–H and O–H groups in total. The Morgan fingerprint density at radius 3 is 2.60 bits per heavy atom. The minimum atomic E-state index is -3.58. The number of nitrogens with zero attached hydrogens (tertiary/aromatic N) is 4. The third kappa shape index (κ3) is 3.78. The van der Waals surface area contributed by atoms with E-state index in [9.17, 15) is 8.42 Å². The highest BCUT2D eigenvalue weighted by molar-refractivity contribution is 9.10. The van der Waals surface area contributed by atoms with Crippen molar-refractivity contribution in [3.05, 3.63) is 4.60 Å². The summed E-state index contributed by atoms with van der Waals surface area (Å²) in [5.41, 5.74) is 0. The Balaban J connectivity index is 1.87. The van der Waals surface area contributed by atoms with Gasteiger partial charge in [0, 0.05) is 20.1 Å². The quantitative estimate of drug-likeness (QED) is 0.825. The van der Waals surface area contributed by atoms with Crippen molar-refractivity contribution in [3.8, 4) is 0 Å². The first-order valence-electron chi connectivity index (χ1n) is 6.67. The van der Waals surface area contributed by atoms with Gasteiger partial charge in [0.1, 0.15) is 0 Å². The van der Waals surface area contributed by atoms with Crippen molar-refractivity contribution in [2.45, 2.75) is 24.8 Å². The summed E-state index contributed by atoms with van der Waals surface area (Å²) in [6.45, 7) is 5.47. The molecule has 1 aliphatic heterocycles. The number of nitrogens with one attached hydrogen (secondary N) is 1. The molecule has 2 rings (SSSR count). The van der Waals surface area contributed by atoms with Gasteiger partial charge in [-0.25, -0.2) is 17.8 Å².